The van der Waals surface area contributed by atoms with Crippen molar-refractivity contribution in [2.75, 3.05) is 19.7 Å². The maximum Gasteiger partial charge on any atom is 0.416 e. The average Bonchev–Trinajstić information content (AvgIpc) is 2.45. The van der Waals surface area contributed by atoms with Crippen molar-refractivity contribution in [2.45, 2.75) is 19.0 Å². The lowest BCUT2D eigenvalue weighted by Gasteiger charge is -2.32. The number of nitrogens with zero attached hydrogens (tertiary/aromatic N) is 1. The zero-order valence-electron chi connectivity index (χ0n) is 11.2. The normalized spacial score (nSPS) is 19.7. The largest absolute Gasteiger partial charge is 0.416 e. The summed E-state index contributed by atoms with van der Waals surface area (Å²) in [7, 11) is 0. The molecule has 21 heavy (non-hydrogen) atoms. The summed E-state index contributed by atoms with van der Waals surface area (Å²) in [5, 5.41) is 9.11. The van der Waals surface area contributed by atoms with E-state index >= 15 is 0 Å². The number of amides is 1. The van der Waals surface area contributed by atoms with E-state index in [-0.39, 0.29) is 24.6 Å². The summed E-state index contributed by atoms with van der Waals surface area (Å²) < 4.78 is 51.3. The number of likely N-dealkylation sites (tertiary alicyclic amines) is 1. The minimum absolute atomic E-state index is 0.0826. The lowest BCUT2D eigenvalue weighted by Crippen LogP contribution is -2.41. The van der Waals surface area contributed by atoms with Crippen molar-refractivity contribution >= 4 is 5.91 Å². The van der Waals surface area contributed by atoms with Crippen LogP contribution < -0.4 is 0 Å². The standard InChI is InChI=1S/C14H15F4NO2/c15-12-5-10(4-11(6-12)14(16,17)18)13(21)19-3-1-2-9(7-19)8-20/h4-6,9,20H,1-3,7-8H2. The molecule has 7 heteroatoms. The third kappa shape index (κ3) is 3.72. The number of aliphatic hydroxyl groups is 1. The van der Waals surface area contributed by atoms with Gasteiger partial charge in [0.15, 0.2) is 0 Å². The SMILES string of the molecule is O=C(c1cc(F)cc(C(F)(F)F)c1)N1CCCC(CO)C1. The van der Waals surface area contributed by atoms with Crippen LogP contribution in [-0.4, -0.2) is 35.6 Å². The van der Waals surface area contributed by atoms with Crippen molar-refractivity contribution in [1.82, 2.24) is 4.90 Å². The smallest absolute Gasteiger partial charge is 0.396 e. The summed E-state index contributed by atoms with van der Waals surface area (Å²) in [6.07, 6.45) is -3.28. The molecule has 1 aromatic rings. The van der Waals surface area contributed by atoms with E-state index in [1.165, 1.54) is 4.90 Å². The number of halogens is 4. The molecule has 1 aromatic carbocycles. The van der Waals surface area contributed by atoms with Crippen LogP contribution in [0.5, 0.6) is 0 Å². The first-order valence-electron chi connectivity index (χ1n) is 6.59. The maximum atomic E-state index is 13.3. The Labute approximate surface area is 119 Å². The van der Waals surface area contributed by atoms with Gasteiger partial charge in [0, 0.05) is 25.3 Å². The second-order valence-electron chi connectivity index (χ2n) is 5.17. The molecule has 1 heterocycles. The van der Waals surface area contributed by atoms with Gasteiger partial charge in [-0.25, -0.2) is 4.39 Å². The highest BCUT2D eigenvalue weighted by atomic mass is 19.4. The Balaban J connectivity index is 2.25. The molecular formula is C14H15F4NO2. The van der Waals surface area contributed by atoms with E-state index in [9.17, 15) is 22.4 Å². The molecular weight excluding hydrogens is 290 g/mol. The predicted octanol–water partition coefficient (Wildman–Crippen LogP) is 2.69. The van der Waals surface area contributed by atoms with Gasteiger partial charge in [-0.05, 0) is 37.0 Å². The quantitative estimate of drug-likeness (QED) is 0.854. The van der Waals surface area contributed by atoms with E-state index in [4.69, 9.17) is 5.11 Å². The number of alkyl halides is 3. The molecule has 1 amide bonds. The first kappa shape index (κ1) is 15.8. The first-order valence-corrected chi connectivity index (χ1v) is 6.59. The molecule has 3 nitrogen and oxygen atoms in total. The van der Waals surface area contributed by atoms with Gasteiger partial charge in [-0.2, -0.15) is 13.2 Å². The Morgan fingerprint density at radius 1 is 1.33 bits per heavy atom. The minimum Gasteiger partial charge on any atom is -0.396 e. The summed E-state index contributed by atoms with van der Waals surface area (Å²) in [4.78, 5) is 13.6. The highest BCUT2D eigenvalue weighted by molar-refractivity contribution is 5.94. The molecule has 1 fully saturated rings. The van der Waals surface area contributed by atoms with Crippen molar-refractivity contribution in [2.24, 2.45) is 5.92 Å². The van der Waals surface area contributed by atoms with Gasteiger partial charge < -0.3 is 10.0 Å². The highest BCUT2D eigenvalue weighted by Crippen LogP contribution is 2.31. The number of piperidine rings is 1. The number of rotatable bonds is 2. The minimum atomic E-state index is -4.70. The van der Waals surface area contributed by atoms with Gasteiger partial charge in [-0.15, -0.1) is 0 Å². The van der Waals surface area contributed by atoms with Gasteiger partial charge in [0.2, 0.25) is 0 Å². The van der Waals surface area contributed by atoms with Gasteiger partial charge in [-0.1, -0.05) is 0 Å². The Bertz CT molecular complexity index is 530. The molecule has 1 atom stereocenters. The molecule has 1 N–H and O–H groups in total. The third-order valence-corrected chi connectivity index (χ3v) is 3.54. The third-order valence-electron chi connectivity index (χ3n) is 3.54. The van der Waals surface area contributed by atoms with Gasteiger partial charge in [-0.3, -0.25) is 4.79 Å². The fraction of sp³-hybridized carbons (Fsp3) is 0.500. The fourth-order valence-electron chi connectivity index (χ4n) is 2.46. The topological polar surface area (TPSA) is 40.5 Å². The molecule has 0 aromatic heterocycles. The van der Waals surface area contributed by atoms with Crippen LogP contribution in [0.15, 0.2) is 18.2 Å². The highest BCUT2D eigenvalue weighted by Gasteiger charge is 2.33. The van der Waals surface area contributed by atoms with Crippen LogP contribution in [0.4, 0.5) is 17.6 Å². The second kappa shape index (κ2) is 6.01. The van der Waals surface area contributed by atoms with Gasteiger partial charge in [0.25, 0.3) is 5.91 Å². The molecule has 0 spiro atoms. The Morgan fingerprint density at radius 2 is 2.05 bits per heavy atom. The van der Waals surface area contributed by atoms with E-state index in [2.05, 4.69) is 0 Å². The summed E-state index contributed by atoms with van der Waals surface area (Å²) in [6, 6.07) is 1.83. The Morgan fingerprint density at radius 3 is 2.67 bits per heavy atom. The summed E-state index contributed by atoms with van der Waals surface area (Å²) >= 11 is 0. The summed E-state index contributed by atoms with van der Waals surface area (Å²) in [5.74, 6) is -1.82. The van der Waals surface area contributed by atoms with E-state index in [1.807, 2.05) is 0 Å². The van der Waals surface area contributed by atoms with Crippen LogP contribution in [0.2, 0.25) is 0 Å². The molecule has 0 saturated carbocycles. The Hall–Kier alpha value is -1.63. The van der Waals surface area contributed by atoms with E-state index < -0.39 is 23.5 Å². The molecule has 1 aliphatic heterocycles. The van der Waals surface area contributed by atoms with Crippen LogP contribution in [0.1, 0.15) is 28.8 Å². The van der Waals surface area contributed by atoms with E-state index in [0.717, 1.165) is 12.5 Å². The lowest BCUT2D eigenvalue weighted by molar-refractivity contribution is -0.137. The maximum absolute atomic E-state index is 13.3. The molecule has 116 valence electrons. The summed E-state index contributed by atoms with van der Waals surface area (Å²) in [6.45, 7) is 0.584. The van der Waals surface area contributed by atoms with Crippen molar-refractivity contribution in [1.29, 1.82) is 0 Å². The molecule has 1 unspecified atom stereocenters. The van der Waals surface area contributed by atoms with Gasteiger partial charge in [0.05, 0.1) is 5.56 Å². The predicted molar refractivity (Wildman–Crippen MR) is 67.1 cm³/mol. The Kier molecular flexibility index (Phi) is 4.51. The molecule has 0 bridgehead atoms. The van der Waals surface area contributed by atoms with Crippen molar-refractivity contribution in [3.63, 3.8) is 0 Å². The summed E-state index contributed by atoms with van der Waals surface area (Å²) in [5.41, 5.74) is -1.50. The zero-order chi connectivity index (χ0) is 15.6. The second-order valence-corrected chi connectivity index (χ2v) is 5.17. The van der Waals surface area contributed by atoms with E-state index in [1.54, 1.807) is 0 Å². The van der Waals surface area contributed by atoms with Crippen LogP contribution in [0, 0.1) is 11.7 Å². The van der Waals surface area contributed by atoms with Crippen molar-refractivity contribution < 1.29 is 27.5 Å². The molecule has 1 saturated heterocycles. The van der Waals surface area contributed by atoms with Crippen LogP contribution in [0.25, 0.3) is 0 Å². The number of benzene rings is 1. The van der Waals surface area contributed by atoms with Crippen LogP contribution in [0.3, 0.4) is 0 Å². The number of aliphatic hydroxyl groups excluding tert-OH is 1. The van der Waals surface area contributed by atoms with Crippen LogP contribution >= 0.6 is 0 Å². The van der Waals surface area contributed by atoms with Gasteiger partial charge >= 0.3 is 6.18 Å². The zero-order valence-corrected chi connectivity index (χ0v) is 11.2. The fourth-order valence-corrected chi connectivity index (χ4v) is 2.46. The molecule has 2 rings (SSSR count). The number of hydrogen-bond acceptors (Lipinski definition) is 2. The first-order chi connectivity index (χ1) is 9.81. The number of carbonyl (C=O) groups is 1. The van der Waals surface area contributed by atoms with E-state index in [0.29, 0.717) is 25.1 Å². The van der Waals surface area contributed by atoms with Crippen LogP contribution in [-0.2, 0) is 6.18 Å². The molecule has 0 aliphatic carbocycles. The number of hydrogen-bond donors (Lipinski definition) is 1. The number of carbonyl (C=O) groups excluding carboxylic acids is 1. The van der Waals surface area contributed by atoms with Crippen molar-refractivity contribution in [3.8, 4) is 0 Å². The monoisotopic (exact) mass is 305 g/mol. The average molecular weight is 305 g/mol. The molecule has 0 radical (unpaired) electrons. The molecule has 1 aliphatic rings. The van der Waals surface area contributed by atoms with Crippen molar-refractivity contribution in [3.05, 3.63) is 35.1 Å². The van der Waals surface area contributed by atoms with Gasteiger partial charge in [0.1, 0.15) is 5.82 Å². The lowest BCUT2D eigenvalue weighted by atomic mass is 9.98.